The van der Waals surface area contributed by atoms with Crippen molar-refractivity contribution in [3.8, 4) is 0 Å². The maximum absolute atomic E-state index is 10.2. The van der Waals surface area contributed by atoms with E-state index in [-0.39, 0.29) is 0 Å². The number of carbonyl (C=O) groups is 1. The summed E-state index contributed by atoms with van der Waals surface area (Å²) in [6.45, 7) is 1.73. The third-order valence-corrected chi connectivity index (χ3v) is 1.42. The van der Waals surface area contributed by atoms with Crippen LogP contribution in [0.15, 0.2) is 11.1 Å². The predicted octanol–water partition coefficient (Wildman–Crippen LogP) is 0.931. The highest BCUT2D eigenvalue weighted by Crippen LogP contribution is 2.03. The molecule has 3 nitrogen and oxygen atoms in total. The number of carboxylic acids is 1. The first kappa shape index (κ1) is 9.46. The SMILES string of the molecule is C/C(=C\Cl)C[C@H](N)C(=O)O. The van der Waals surface area contributed by atoms with Gasteiger partial charge in [0.25, 0.3) is 0 Å². The maximum Gasteiger partial charge on any atom is 0.320 e. The lowest BCUT2D eigenvalue weighted by Gasteiger charge is -2.03. The third kappa shape index (κ3) is 3.48. The van der Waals surface area contributed by atoms with Crippen LogP contribution >= 0.6 is 11.6 Å². The highest BCUT2D eigenvalue weighted by atomic mass is 35.5. The Labute approximate surface area is 64.5 Å². The van der Waals surface area contributed by atoms with E-state index in [1.165, 1.54) is 5.54 Å². The number of halogens is 1. The number of hydrogen-bond acceptors (Lipinski definition) is 2. The number of aliphatic carboxylic acids is 1. The van der Waals surface area contributed by atoms with E-state index in [1.54, 1.807) is 6.92 Å². The molecule has 0 rings (SSSR count). The largest absolute Gasteiger partial charge is 0.480 e. The van der Waals surface area contributed by atoms with Crippen LogP contribution in [0.5, 0.6) is 0 Å². The molecule has 0 aliphatic heterocycles. The average molecular weight is 164 g/mol. The number of nitrogens with two attached hydrogens (primary N) is 1. The van der Waals surface area contributed by atoms with Gasteiger partial charge in [0.05, 0.1) is 0 Å². The first-order valence-electron chi connectivity index (χ1n) is 2.82. The molecule has 0 aromatic heterocycles. The van der Waals surface area contributed by atoms with Crippen LogP contribution in [0.1, 0.15) is 13.3 Å². The van der Waals surface area contributed by atoms with Crippen molar-refractivity contribution in [3.05, 3.63) is 11.1 Å². The third-order valence-electron chi connectivity index (χ3n) is 1.05. The fourth-order valence-electron chi connectivity index (χ4n) is 0.479. The summed E-state index contributed by atoms with van der Waals surface area (Å²) in [6.07, 6.45) is 0.304. The highest BCUT2D eigenvalue weighted by molar-refractivity contribution is 6.25. The second-order valence-corrected chi connectivity index (χ2v) is 2.32. The predicted molar refractivity (Wildman–Crippen MR) is 39.8 cm³/mol. The lowest BCUT2D eigenvalue weighted by atomic mass is 10.1. The van der Waals surface area contributed by atoms with Gasteiger partial charge in [0.1, 0.15) is 6.04 Å². The fraction of sp³-hybridized carbons (Fsp3) is 0.500. The molecule has 0 saturated heterocycles. The second-order valence-electron chi connectivity index (χ2n) is 2.10. The zero-order chi connectivity index (χ0) is 8.15. The molecule has 0 unspecified atom stereocenters. The topological polar surface area (TPSA) is 63.3 Å². The van der Waals surface area contributed by atoms with E-state index in [0.29, 0.717) is 6.42 Å². The van der Waals surface area contributed by atoms with Crippen LogP contribution in [-0.2, 0) is 4.79 Å². The van der Waals surface area contributed by atoms with Gasteiger partial charge in [-0.05, 0) is 13.3 Å². The van der Waals surface area contributed by atoms with Crippen molar-refractivity contribution in [2.24, 2.45) is 5.73 Å². The van der Waals surface area contributed by atoms with E-state index >= 15 is 0 Å². The van der Waals surface area contributed by atoms with Crippen LogP contribution in [0.2, 0.25) is 0 Å². The summed E-state index contributed by atoms with van der Waals surface area (Å²) in [5.41, 5.74) is 7.30. The standard InChI is InChI=1S/C6H10ClNO2/c1-4(3-7)2-5(8)6(9)10/h3,5H,2,8H2,1H3,(H,9,10)/b4-3+/t5-/m0/s1. The summed E-state index contributed by atoms with van der Waals surface area (Å²) in [5, 5.41) is 8.33. The van der Waals surface area contributed by atoms with Crippen molar-refractivity contribution in [3.63, 3.8) is 0 Å². The van der Waals surface area contributed by atoms with Gasteiger partial charge in [-0.3, -0.25) is 4.79 Å². The van der Waals surface area contributed by atoms with E-state index < -0.39 is 12.0 Å². The van der Waals surface area contributed by atoms with Crippen LogP contribution < -0.4 is 5.73 Å². The van der Waals surface area contributed by atoms with Crippen molar-refractivity contribution in [1.82, 2.24) is 0 Å². The van der Waals surface area contributed by atoms with Crippen molar-refractivity contribution >= 4 is 17.6 Å². The van der Waals surface area contributed by atoms with Gasteiger partial charge in [-0.15, -0.1) is 0 Å². The minimum absolute atomic E-state index is 0.304. The van der Waals surface area contributed by atoms with Gasteiger partial charge in [-0.2, -0.15) is 0 Å². The molecule has 10 heavy (non-hydrogen) atoms. The number of carboxylic acid groups (broad SMARTS) is 1. The molecule has 58 valence electrons. The molecule has 0 aromatic rings. The Balaban J connectivity index is 3.80. The average Bonchev–Trinajstić information content (AvgIpc) is 1.87. The van der Waals surface area contributed by atoms with E-state index in [4.69, 9.17) is 22.4 Å². The molecule has 0 aliphatic carbocycles. The molecule has 0 spiro atoms. The van der Waals surface area contributed by atoms with E-state index in [1.807, 2.05) is 0 Å². The van der Waals surface area contributed by atoms with Gasteiger partial charge in [0.2, 0.25) is 0 Å². The van der Waals surface area contributed by atoms with E-state index in [0.717, 1.165) is 5.57 Å². The van der Waals surface area contributed by atoms with Crippen molar-refractivity contribution in [2.75, 3.05) is 0 Å². The Bertz CT molecular complexity index is 156. The highest BCUT2D eigenvalue weighted by Gasteiger charge is 2.10. The van der Waals surface area contributed by atoms with E-state index in [9.17, 15) is 4.79 Å². The van der Waals surface area contributed by atoms with Crippen LogP contribution in [0.3, 0.4) is 0 Å². The summed E-state index contributed by atoms with van der Waals surface area (Å²) in [7, 11) is 0. The molecule has 1 atom stereocenters. The van der Waals surface area contributed by atoms with Crippen LogP contribution in [-0.4, -0.2) is 17.1 Å². The Morgan fingerprint density at radius 2 is 2.40 bits per heavy atom. The van der Waals surface area contributed by atoms with Gasteiger partial charge in [-0.25, -0.2) is 0 Å². The van der Waals surface area contributed by atoms with Crippen molar-refractivity contribution in [1.29, 1.82) is 0 Å². The Morgan fingerprint density at radius 3 is 2.70 bits per heavy atom. The lowest BCUT2D eigenvalue weighted by molar-refractivity contribution is -0.138. The van der Waals surface area contributed by atoms with Crippen LogP contribution in [0, 0.1) is 0 Å². The molecule has 0 saturated carbocycles. The van der Waals surface area contributed by atoms with Crippen LogP contribution in [0.25, 0.3) is 0 Å². The number of hydrogen-bond donors (Lipinski definition) is 2. The van der Waals surface area contributed by atoms with Gasteiger partial charge in [0.15, 0.2) is 0 Å². The molecule has 0 amide bonds. The van der Waals surface area contributed by atoms with Crippen molar-refractivity contribution < 1.29 is 9.90 Å². The quantitative estimate of drug-likeness (QED) is 0.651. The molecule has 3 N–H and O–H groups in total. The summed E-state index contributed by atoms with van der Waals surface area (Å²) >= 11 is 5.29. The maximum atomic E-state index is 10.2. The van der Waals surface area contributed by atoms with Crippen LogP contribution in [0.4, 0.5) is 0 Å². The Hall–Kier alpha value is -0.540. The van der Waals surface area contributed by atoms with Gasteiger partial charge >= 0.3 is 5.97 Å². The summed E-state index contributed by atoms with van der Waals surface area (Å²) in [5.74, 6) is -1.00. The normalized spacial score (nSPS) is 14.9. The first-order valence-corrected chi connectivity index (χ1v) is 3.25. The van der Waals surface area contributed by atoms with Crippen molar-refractivity contribution in [2.45, 2.75) is 19.4 Å². The Kier molecular flexibility index (Phi) is 4.07. The zero-order valence-electron chi connectivity index (χ0n) is 5.67. The second kappa shape index (κ2) is 4.30. The van der Waals surface area contributed by atoms with Gasteiger partial charge in [-0.1, -0.05) is 17.2 Å². The molecule has 0 heterocycles. The monoisotopic (exact) mass is 163 g/mol. The Morgan fingerprint density at radius 1 is 1.90 bits per heavy atom. The van der Waals surface area contributed by atoms with Gasteiger partial charge < -0.3 is 10.8 Å². The minimum atomic E-state index is -1.00. The summed E-state index contributed by atoms with van der Waals surface area (Å²) < 4.78 is 0. The zero-order valence-corrected chi connectivity index (χ0v) is 6.43. The van der Waals surface area contributed by atoms with E-state index in [2.05, 4.69) is 0 Å². The number of rotatable bonds is 3. The summed E-state index contributed by atoms with van der Waals surface area (Å²) in [4.78, 5) is 10.2. The fourth-order valence-corrected chi connectivity index (χ4v) is 0.568. The molecular formula is C6H10ClNO2. The minimum Gasteiger partial charge on any atom is -0.480 e. The molecule has 0 aliphatic rings. The van der Waals surface area contributed by atoms with Gasteiger partial charge in [0, 0.05) is 5.54 Å². The molecule has 0 radical (unpaired) electrons. The molecular weight excluding hydrogens is 154 g/mol. The summed E-state index contributed by atoms with van der Waals surface area (Å²) in [6, 6.07) is -0.838. The molecule has 0 aromatic carbocycles. The molecule has 0 bridgehead atoms. The lowest BCUT2D eigenvalue weighted by Crippen LogP contribution is -2.29. The smallest absolute Gasteiger partial charge is 0.320 e. The first-order chi connectivity index (χ1) is 4.57. The molecule has 4 heteroatoms. The molecule has 0 fully saturated rings.